The molecule has 0 aliphatic carbocycles. The third-order valence-electron chi connectivity index (χ3n) is 4.58. The first-order valence-corrected chi connectivity index (χ1v) is 11.2. The van der Waals surface area contributed by atoms with E-state index in [0.29, 0.717) is 32.5 Å². The van der Waals surface area contributed by atoms with Crippen molar-refractivity contribution in [2.45, 2.75) is 30.7 Å². The molecule has 1 amide bonds. The lowest BCUT2D eigenvalue weighted by Crippen LogP contribution is -2.35. The van der Waals surface area contributed by atoms with Crippen LogP contribution in [0.1, 0.15) is 33.6 Å². The smallest absolute Gasteiger partial charge is 0.305 e. The Morgan fingerprint density at radius 2 is 2.11 bits per heavy atom. The van der Waals surface area contributed by atoms with Crippen molar-refractivity contribution in [3.63, 3.8) is 0 Å². The first kappa shape index (κ1) is 20.5. The summed E-state index contributed by atoms with van der Waals surface area (Å²) in [5.41, 5.74) is 1.31. The molecule has 1 aliphatic rings. The van der Waals surface area contributed by atoms with Crippen LogP contribution in [0.5, 0.6) is 0 Å². The van der Waals surface area contributed by atoms with Gasteiger partial charge < -0.3 is 10.1 Å². The van der Waals surface area contributed by atoms with Crippen LogP contribution < -0.4 is 5.32 Å². The summed E-state index contributed by atoms with van der Waals surface area (Å²) in [4.78, 5) is 24.7. The van der Waals surface area contributed by atoms with Gasteiger partial charge in [0.2, 0.25) is 10.0 Å². The monoisotopic (exact) mass is 422 g/mol. The Balaban J connectivity index is 1.67. The van der Waals surface area contributed by atoms with Crippen molar-refractivity contribution in [3.8, 4) is 0 Å². The molecule has 7 nitrogen and oxygen atoms in total. The fourth-order valence-corrected chi connectivity index (χ4v) is 5.37. The Kier molecular flexibility index (Phi) is 6.48. The van der Waals surface area contributed by atoms with Crippen molar-refractivity contribution in [2.24, 2.45) is 0 Å². The number of amides is 1. The van der Waals surface area contributed by atoms with E-state index >= 15 is 0 Å². The molecule has 2 aromatic rings. The van der Waals surface area contributed by atoms with Crippen LogP contribution in [0.25, 0.3) is 0 Å². The lowest BCUT2D eigenvalue weighted by atomic mass is 10.1. The number of thiophene rings is 1. The summed E-state index contributed by atoms with van der Waals surface area (Å²) in [5, 5.41) is 4.67. The molecule has 0 atom stereocenters. The standard InChI is InChI=1S/C19H22N2O5S2/c1-26-18(22)6-3-9-20-19(23)14-4-2-5-16(12-14)28(24,25)21-10-7-17-15(13-21)8-11-27-17/h2,4-5,8,11-12H,3,6-7,9-10,13H2,1H3,(H,20,23). The van der Waals surface area contributed by atoms with Crippen LogP contribution in [0.3, 0.4) is 0 Å². The molecule has 3 rings (SSSR count). The summed E-state index contributed by atoms with van der Waals surface area (Å²) in [6.07, 6.45) is 1.37. The number of carbonyl (C=O) groups is 2. The Labute approximate surface area is 168 Å². The van der Waals surface area contributed by atoms with Crippen molar-refractivity contribution >= 4 is 33.2 Å². The van der Waals surface area contributed by atoms with Crippen molar-refractivity contribution in [1.29, 1.82) is 0 Å². The van der Waals surface area contributed by atoms with Gasteiger partial charge in [-0.05, 0) is 48.1 Å². The van der Waals surface area contributed by atoms with E-state index in [1.165, 1.54) is 28.4 Å². The summed E-state index contributed by atoms with van der Waals surface area (Å²) in [7, 11) is -2.37. The van der Waals surface area contributed by atoms with Crippen LogP contribution in [-0.2, 0) is 32.5 Å². The van der Waals surface area contributed by atoms with Gasteiger partial charge in [-0.1, -0.05) is 6.07 Å². The van der Waals surface area contributed by atoms with E-state index < -0.39 is 10.0 Å². The van der Waals surface area contributed by atoms with E-state index in [1.807, 2.05) is 11.4 Å². The number of ether oxygens (including phenoxy) is 1. The number of sulfonamides is 1. The number of carbonyl (C=O) groups excluding carboxylic acids is 2. The molecule has 1 aromatic carbocycles. The van der Waals surface area contributed by atoms with Crippen LogP contribution in [0, 0.1) is 0 Å². The largest absolute Gasteiger partial charge is 0.469 e. The van der Waals surface area contributed by atoms with E-state index in [4.69, 9.17) is 0 Å². The molecule has 2 heterocycles. The topological polar surface area (TPSA) is 92.8 Å². The second kappa shape index (κ2) is 8.85. The number of methoxy groups -OCH3 is 1. The van der Waals surface area contributed by atoms with E-state index in [9.17, 15) is 18.0 Å². The molecule has 9 heteroatoms. The van der Waals surface area contributed by atoms with Gasteiger partial charge >= 0.3 is 5.97 Å². The van der Waals surface area contributed by atoms with Crippen LogP contribution in [-0.4, -0.2) is 44.8 Å². The maximum Gasteiger partial charge on any atom is 0.305 e. The molecular weight excluding hydrogens is 400 g/mol. The van der Waals surface area contributed by atoms with Crippen LogP contribution >= 0.6 is 11.3 Å². The minimum atomic E-state index is -3.68. The van der Waals surface area contributed by atoms with Crippen LogP contribution in [0.4, 0.5) is 0 Å². The van der Waals surface area contributed by atoms with Gasteiger partial charge in [0.15, 0.2) is 0 Å². The van der Waals surface area contributed by atoms with Crippen molar-refractivity contribution in [3.05, 3.63) is 51.7 Å². The average Bonchev–Trinajstić information content (AvgIpc) is 3.18. The first-order valence-electron chi connectivity index (χ1n) is 8.92. The number of nitrogens with one attached hydrogen (secondary N) is 1. The minimum absolute atomic E-state index is 0.105. The normalized spacial score (nSPS) is 14.3. The van der Waals surface area contributed by atoms with Gasteiger partial charge in [-0.3, -0.25) is 9.59 Å². The molecule has 0 spiro atoms. The number of rotatable bonds is 7. The Hall–Kier alpha value is -2.23. The fraction of sp³-hybridized carbons (Fsp3) is 0.368. The van der Waals surface area contributed by atoms with Crippen molar-refractivity contribution < 1.29 is 22.7 Å². The number of esters is 1. The molecule has 0 bridgehead atoms. The molecule has 0 radical (unpaired) electrons. The lowest BCUT2D eigenvalue weighted by molar-refractivity contribution is -0.140. The molecule has 1 aliphatic heterocycles. The Morgan fingerprint density at radius 1 is 1.29 bits per heavy atom. The Bertz CT molecular complexity index is 968. The van der Waals surface area contributed by atoms with Gasteiger partial charge in [0.1, 0.15) is 0 Å². The summed E-state index contributed by atoms with van der Waals surface area (Å²) < 4.78 is 32.0. The zero-order chi connectivity index (χ0) is 20.1. The van der Waals surface area contributed by atoms with Gasteiger partial charge in [0, 0.05) is 36.5 Å². The van der Waals surface area contributed by atoms with E-state index in [0.717, 1.165) is 5.56 Å². The highest BCUT2D eigenvalue weighted by Gasteiger charge is 2.29. The first-order chi connectivity index (χ1) is 13.4. The predicted molar refractivity (Wildman–Crippen MR) is 106 cm³/mol. The molecule has 150 valence electrons. The second-order valence-corrected chi connectivity index (χ2v) is 9.36. The van der Waals surface area contributed by atoms with Gasteiger partial charge in [-0.2, -0.15) is 4.31 Å². The summed E-state index contributed by atoms with van der Waals surface area (Å²) in [5.74, 6) is -0.710. The molecule has 0 fully saturated rings. The SMILES string of the molecule is COC(=O)CCCNC(=O)c1cccc(S(=O)(=O)N2CCc3sccc3C2)c1. The third-order valence-corrected chi connectivity index (χ3v) is 7.44. The van der Waals surface area contributed by atoms with Gasteiger partial charge in [-0.25, -0.2) is 8.42 Å². The minimum Gasteiger partial charge on any atom is -0.469 e. The van der Waals surface area contributed by atoms with Crippen LogP contribution in [0.2, 0.25) is 0 Å². The highest BCUT2D eigenvalue weighted by Crippen LogP contribution is 2.28. The van der Waals surface area contributed by atoms with Gasteiger partial charge in [0.25, 0.3) is 5.91 Å². The molecule has 1 aromatic heterocycles. The van der Waals surface area contributed by atoms with Crippen molar-refractivity contribution in [2.75, 3.05) is 20.2 Å². The molecule has 0 saturated carbocycles. The zero-order valence-electron chi connectivity index (χ0n) is 15.5. The van der Waals surface area contributed by atoms with Crippen molar-refractivity contribution in [1.82, 2.24) is 9.62 Å². The number of benzene rings is 1. The number of hydrogen-bond acceptors (Lipinski definition) is 6. The van der Waals surface area contributed by atoms with E-state index in [2.05, 4.69) is 10.1 Å². The predicted octanol–water partition coefficient (Wildman–Crippen LogP) is 2.18. The van der Waals surface area contributed by atoms with E-state index in [1.54, 1.807) is 23.5 Å². The van der Waals surface area contributed by atoms with Gasteiger partial charge in [-0.15, -0.1) is 11.3 Å². The summed E-state index contributed by atoms with van der Waals surface area (Å²) in [6, 6.07) is 8.00. The zero-order valence-corrected chi connectivity index (χ0v) is 17.1. The van der Waals surface area contributed by atoms with Gasteiger partial charge in [0.05, 0.1) is 12.0 Å². The lowest BCUT2D eigenvalue weighted by Gasteiger charge is -2.26. The molecule has 1 N–H and O–H groups in total. The molecular formula is C19H22N2O5S2. The van der Waals surface area contributed by atoms with Crippen LogP contribution in [0.15, 0.2) is 40.6 Å². The average molecular weight is 423 g/mol. The number of fused-ring (bicyclic) bond motifs is 1. The fourth-order valence-electron chi connectivity index (χ4n) is 3.01. The summed E-state index contributed by atoms with van der Waals surface area (Å²) >= 11 is 1.65. The molecule has 0 saturated heterocycles. The van der Waals surface area contributed by atoms with E-state index in [-0.39, 0.29) is 28.8 Å². The molecule has 28 heavy (non-hydrogen) atoms. The highest BCUT2D eigenvalue weighted by atomic mass is 32.2. The maximum absolute atomic E-state index is 13.0. The second-order valence-electron chi connectivity index (χ2n) is 6.42. The maximum atomic E-state index is 13.0. The molecule has 0 unspecified atom stereocenters. The number of nitrogens with zero attached hydrogens (tertiary/aromatic N) is 1. The summed E-state index contributed by atoms with van der Waals surface area (Å²) in [6.45, 7) is 1.09. The quantitative estimate of drug-likeness (QED) is 0.545. The Morgan fingerprint density at radius 3 is 2.89 bits per heavy atom. The number of hydrogen-bond donors (Lipinski definition) is 1. The third kappa shape index (κ3) is 4.60. The highest BCUT2D eigenvalue weighted by molar-refractivity contribution is 7.89.